The molecule has 2 unspecified atom stereocenters. The number of hydrogen-bond donors (Lipinski definition) is 0. The van der Waals surface area contributed by atoms with E-state index in [1.54, 1.807) is 11.8 Å². The minimum atomic E-state index is -0.301. The van der Waals surface area contributed by atoms with Gasteiger partial charge in [-0.25, -0.2) is 0 Å². The molecule has 4 heteroatoms. The van der Waals surface area contributed by atoms with Gasteiger partial charge in [-0.3, -0.25) is 9.59 Å². The summed E-state index contributed by atoms with van der Waals surface area (Å²) in [6.07, 6.45) is 4.07. The molecular weight excluding hydrogens is 230 g/mol. The van der Waals surface area contributed by atoms with Gasteiger partial charge in [-0.15, -0.1) is 0 Å². The lowest BCUT2D eigenvalue weighted by molar-refractivity contribution is -0.150. The fourth-order valence-corrected chi connectivity index (χ4v) is 2.65. The topological polar surface area (TPSA) is 46.6 Å². The summed E-state index contributed by atoms with van der Waals surface area (Å²) >= 11 is 0. The van der Waals surface area contributed by atoms with Gasteiger partial charge in [0.05, 0.1) is 6.61 Å². The molecule has 18 heavy (non-hydrogen) atoms. The molecule has 0 spiro atoms. The van der Waals surface area contributed by atoms with Crippen molar-refractivity contribution in [3.8, 4) is 0 Å². The van der Waals surface area contributed by atoms with E-state index in [4.69, 9.17) is 4.74 Å². The highest BCUT2D eigenvalue weighted by Crippen LogP contribution is 2.32. The quantitative estimate of drug-likeness (QED) is 0.684. The molecular formula is C14H25NO3. The number of amides is 1. The number of rotatable bonds is 6. The molecule has 0 aliphatic heterocycles. The molecule has 1 amide bonds. The summed E-state index contributed by atoms with van der Waals surface area (Å²) in [6, 6.07) is 0. The normalized spacial score (nSPS) is 22.8. The smallest absolute Gasteiger partial charge is 0.325 e. The molecule has 0 aromatic rings. The maximum absolute atomic E-state index is 12.4. The first-order chi connectivity index (χ1) is 8.60. The average molecular weight is 255 g/mol. The van der Waals surface area contributed by atoms with Crippen LogP contribution in [-0.2, 0) is 14.3 Å². The highest BCUT2D eigenvalue weighted by molar-refractivity contribution is 5.84. The maximum atomic E-state index is 12.4. The predicted molar refractivity (Wildman–Crippen MR) is 70.0 cm³/mol. The lowest BCUT2D eigenvalue weighted by atomic mass is 9.96. The van der Waals surface area contributed by atoms with E-state index < -0.39 is 0 Å². The van der Waals surface area contributed by atoms with Gasteiger partial charge in [0.2, 0.25) is 5.91 Å². The van der Waals surface area contributed by atoms with Crippen LogP contribution in [0, 0.1) is 11.8 Å². The van der Waals surface area contributed by atoms with Gasteiger partial charge in [0.25, 0.3) is 0 Å². The maximum Gasteiger partial charge on any atom is 0.325 e. The van der Waals surface area contributed by atoms with E-state index in [1.165, 1.54) is 0 Å². The molecule has 4 nitrogen and oxygen atoms in total. The van der Waals surface area contributed by atoms with E-state index in [0.717, 1.165) is 25.7 Å². The standard InChI is InChI=1S/C14H25NO3/c1-4-9-15(10-13(16)18-5-2)14(17)12-8-6-7-11(12)3/h11-12H,4-10H2,1-3H3. The zero-order valence-electron chi connectivity index (χ0n) is 11.8. The van der Waals surface area contributed by atoms with E-state index in [1.807, 2.05) is 6.92 Å². The third-order valence-corrected chi connectivity index (χ3v) is 3.61. The Kier molecular flexibility index (Phi) is 6.16. The van der Waals surface area contributed by atoms with Crippen molar-refractivity contribution in [2.45, 2.75) is 46.5 Å². The van der Waals surface area contributed by atoms with Crippen molar-refractivity contribution >= 4 is 11.9 Å². The van der Waals surface area contributed by atoms with Gasteiger partial charge in [-0.1, -0.05) is 20.3 Å². The van der Waals surface area contributed by atoms with Crippen molar-refractivity contribution in [1.29, 1.82) is 0 Å². The van der Waals surface area contributed by atoms with Gasteiger partial charge in [0.15, 0.2) is 0 Å². The summed E-state index contributed by atoms with van der Waals surface area (Å²) in [4.78, 5) is 25.6. The van der Waals surface area contributed by atoms with E-state index in [0.29, 0.717) is 19.1 Å². The largest absolute Gasteiger partial charge is 0.465 e. The second-order valence-corrected chi connectivity index (χ2v) is 5.08. The number of carbonyl (C=O) groups is 2. The minimum Gasteiger partial charge on any atom is -0.465 e. The number of ether oxygens (including phenoxy) is 1. The van der Waals surface area contributed by atoms with Gasteiger partial charge in [0, 0.05) is 12.5 Å². The molecule has 0 aromatic carbocycles. The summed E-state index contributed by atoms with van der Waals surface area (Å²) in [6.45, 7) is 7.04. The van der Waals surface area contributed by atoms with Gasteiger partial charge in [-0.2, -0.15) is 0 Å². The molecule has 1 aliphatic carbocycles. The molecule has 104 valence electrons. The minimum absolute atomic E-state index is 0.101. The zero-order valence-corrected chi connectivity index (χ0v) is 11.8. The fourth-order valence-electron chi connectivity index (χ4n) is 2.65. The highest BCUT2D eigenvalue weighted by Gasteiger charge is 2.33. The Hall–Kier alpha value is -1.06. The van der Waals surface area contributed by atoms with Crippen molar-refractivity contribution in [3.63, 3.8) is 0 Å². The van der Waals surface area contributed by atoms with Crippen LogP contribution in [0.4, 0.5) is 0 Å². The SMILES string of the molecule is CCCN(CC(=O)OCC)C(=O)C1CCCC1C. The van der Waals surface area contributed by atoms with Crippen molar-refractivity contribution < 1.29 is 14.3 Å². The average Bonchev–Trinajstić information content (AvgIpc) is 2.74. The van der Waals surface area contributed by atoms with Crippen molar-refractivity contribution in [2.24, 2.45) is 11.8 Å². The number of nitrogens with zero attached hydrogens (tertiary/aromatic N) is 1. The third-order valence-electron chi connectivity index (χ3n) is 3.61. The van der Waals surface area contributed by atoms with Crippen molar-refractivity contribution in [2.75, 3.05) is 19.7 Å². The van der Waals surface area contributed by atoms with E-state index in [9.17, 15) is 9.59 Å². The van der Waals surface area contributed by atoms with Crippen LogP contribution in [0.5, 0.6) is 0 Å². The van der Waals surface area contributed by atoms with Crippen LogP contribution in [0.2, 0.25) is 0 Å². The summed E-state index contributed by atoms with van der Waals surface area (Å²) in [5, 5.41) is 0. The third kappa shape index (κ3) is 4.00. The summed E-state index contributed by atoms with van der Waals surface area (Å²) < 4.78 is 4.93. The Morgan fingerprint density at radius 3 is 2.50 bits per heavy atom. The number of carbonyl (C=O) groups excluding carboxylic acids is 2. The molecule has 0 aromatic heterocycles. The monoisotopic (exact) mass is 255 g/mol. The van der Waals surface area contributed by atoms with E-state index in [-0.39, 0.29) is 24.3 Å². The number of esters is 1. The molecule has 1 aliphatic rings. The molecule has 1 fully saturated rings. The van der Waals surface area contributed by atoms with Gasteiger partial charge < -0.3 is 9.64 Å². The lowest BCUT2D eigenvalue weighted by Crippen LogP contribution is -2.41. The van der Waals surface area contributed by atoms with Gasteiger partial charge >= 0.3 is 5.97 Å². The Labute approximate surface area is 110 Å². The van der Waals surface area contributed by atoms with Crippen LogP contribution >= 0.6 is 0 Å². The van der Waals surface area contributed by atoms with Crippen LogP contribution < -0.4 is 0 Å². The van der Waals surface area contributed by atoms with E-state index >= 15 is 0 Å². The first kappa shape index (κ1) is 15.0. The van der Waals surface area contributed by atoms with Crippen LogP contribution in [0.1, 0.15) is 46.5 Å². The lowest BCUT2D eigenvalue weighted by Gasteiger charge is -2.26. The second kappa shape index (κ2) is 7.39. The van der Waals surface area contributed by atoms with Crippen LogP contribution in [0.3, 0.4) is 0 Å². The number of hydrogen-bond acceptors (Lipinski definition) is 3. The summed E-state index contributed by atoms with van der Waals surface area (Å²) in [7, 11) is 0. The molecule has 0 radical (unpaired) electrons. The second-order valence-electron chi connectivity index (χ2n) is 5.08. The Balaban J connectivity index is 2.59. The molecule has 0 heterocycles. The van der Waals surface area contributed by atoms with Crippen molar-refractivity contribution in [3.05, 3.63) is 0 Å². The van der Waals surface area contributed by atoms with Crippen LogP contribution in [0.15, 0.2) is 0 Å². The van der Waals surface area contributed by atoms with Gasteiger partial charge in [0.1, 0.15) is 6.54 Å². The Morgan fingerprint density at radius 1 is 1.28 bits per heavy atom. The highest BCUT2D eigenvalue weighted by atomic mass is 16.5. The first-order valence-electron chi connectivity index (χ1n) is 7.04. The first-order valence-corrected chi connectivity index (χ1v) is 7.04. The molecule has 0 saturated heterocycles. The fraction of sp³-hybridized carbons (Fsp3) is 0.857. The van der Waals surface area contributed by atoms with E-state index in [2.05, 4.69) is 6.92 Å². The Morgan fingerprint density at radius 2 is 2.00 bits per heavy atom. The van der Waals surface area contributed by atoms with Gasteiger partial charge in [-0.05, 0) is 32.1 Å². The summed E-state index contributed by atoms with van der Waals surface area (Å²) in [5.41, 5.74) is 0. The molecule has 0 N–H and O–H groups in total. The zero-order chi connectivity index (χ0) is 13.5. The van der Waals surface area contributed by atoms with Crippen LogP contribution in [0.25, 0.3) is 0 Å². The molecule has 1 saturated carbocycles. The molecule has 1 rings (SSSR count). The van der Waals surface area contributed by atoms with Crippen molar-refractivity contribution in [1.82, 2.24) is 4.90 Å². The summed E-state index contributed by atoms with van der Waals surface area (Å²) in [5.74, 6) is 0.380. The molecule has 2 atom stereocenters. The van der Waals surface area contributed by atoms with Crippen LogP contribution in [-0.4, -0.2) is 36.5 Å². The Bertz CT molecular complexity index is 291. The predicted octanol–water partition coefficient (Wildman–Crippen LogP) is 2.22. The molecule has 0 bridgehead atoms.